The maximum absolute atomic E-state index is 13.0. The van der Waals surface area contributed by atoms with Crippen molar-refractivity contribution < 1.29 is 14.5 Å². The summed E-state index contributed by atoms with van der Waals surface area (Å²) in [4.78, 5) is 42.7. The largest absolute Gasteiger partial charge is 0.495 e. The maximum atomic E-state index is 13.0. The van der Waals surface area contributed by atoms with Gasteiger partial charge in [0.1, 0.15) is 10.6 Å². The third-order valence-electron chi connectivity index (χ3n) is 4.63. The molecule has 0 bridgehead atoms. The molecular formula is C21H22N4O5S2. The average Bonchev–Trinajstić information content (AvgIpc) is 3.19. The number of nitro benzene ring substituents is 1. The van der Waals surface area contributed by atoms with E-state index >= 15 is 0 Å². The number of aromatic nitrogens is 2. The molecule has 3 aromatic rings. The molecule has 0 unspecified atom stereocenters. The number of allylic oxidation sites excluding steroid dienone is 1. The summed E-state index contributed by atoms with van der Waals surface area (Å²) < 4.78 is 6.69. The van der Waals surface area contributed by atoms with E-state index < -0.39 is 16.1 Å². The fraction of sp³-hybridized carbons (Fsp3) is 0.286. The number of methoxy groups -OCH3 is 1. The first kappa shape index (κ1) is 23.5. The normalized spacial score (nSPS) is 11.8. The second-order valence-electron chi connectivity index (χ2n) is 6.77. The Labute approximate surface area is 192 Å². The molecule has 11 heteroatoms. The lowest BCUT2D eigenvalue weighted by Crippen LogP contribution is -2.26. The molecule has 0 aliphatic carbocycles. The number of benzene rings is 1. The van der Waals surface area contributed by atoms with Crippen molar-refractivity contribution in [3.8, 4) is 5.75 Å². The topological polar surface area (TPSA) is 116 Å². The Kier molecular flexibility index (Phi) is 7.31. The minimum absolute atomic E-state index is 0.169. The molecule has 0 saturated heterocycles. The number of aryl methyl sites for hydroxylation is 1. The standard InChI is InChI=1S/C21H22N4O5S2/c1-5-9-24-20(27)15-11-14(6-2)32-19(15)23-21(24)31-12(3)18(26)22-16-10-13(25(28)29)7-8-17(16)30-4/h5,7-8,10-12H,1,6,9H2,2-4H3,(H,22,26)/t12-/m0/s1. The molecule has 2 aromatic heterocycles. The Morgan fingerprint density at radius 3 is 2.84 bits per heavy atom. The molecule has 1 atom stereocenters. The van der Waals surface area contributed by atoms with Crippen molar-refractivity contribution in [1.29, 1.82) is 0 Å². The highest BCUT2D eigenvalue weighted by Crippen LogP contribution is 2.31. The van der Waals surface area contributed by atoms with Crippen LogP contribution in [-0.2, 0) is 17.8 Å². The number of thioether (sulfide) groups is 1. The predicted molar refractivity (Wildman–Crippen MR) is 127 cm³/mol. The third kappa shape index (κ3) is 4.83. The molecule has 0 aliphatic heterocycles. The zero-order valence-electron chi connectivity index (χ0n) is 17.8. The van der Waals surface area contributed by atoms with E-state index in [1.165, 1.54) is 41.2 Å². The Morgan fingerprint density at radius 2 is 2.22 bits per heavy atom. The van der Waals surface area contributed by atoms with E-state index in [-0.39, 0.29) is 23.5 Å². The highest BCUT2D eigenvalue weighted by atomic mass is 32.2. The first-order chi connectivity index (χ1) is 15.3. The summed E-state index contributed by atoms with van der Waals surface area (Å²) in [7, 11) is 1.41. The van der Waals surface area contributed by atoms with Crippen LogP contribution in [0.5, 0.6) is 5.75 Å². The van der Waals surface area contributed by atoms with E-state index in [2.05, 4.69) is 16.9 Å². The number of ether oxygens (including phenoxy) is 1. The molecule has 1 aromatic carbocycles. The van der Waals surface area contributed by atoms with E-state index in [9.17, 15) is 19.7 Å². The number of amides is 1. The van der Waals surface area contributed by atoms with Crippen LogP contribution in [0.15, 0.2) is 46.9 Å². The van der Waals surface area contributed by atoms with Crippen LogP contribution >= 0.6 is 23.1 Å². The van der Waals surface area contributed by atoms with Gasteiger partial charge >= 0.3 is 0 Å². The van der Waals surface area contributed by atoms with E-state index in [0.29, 0.717) is 21.1 Å². The van der Waals surface area contributed by atoms with Gasteiger partial charge in [-0.1, -0.05) is 24.8 Å². The van der Waals surface area contributed by atoms with Gasteiger partial charge < -0.3 is 10.1 Å². The van der Waals surface area contributed by atoms with Crippen LogP contribution < -0.4 is 15.6 Å². The molecule has 0 aliphatic rings. The van der Waals surface area contributed by atoms with E-state index in [4.69, 9.17) is 4.74 Å². The van der Waals surface area contributed by atoms with Crippen molar-refractivity contribution in [2.24, 2.45) is 0 Å². The molecule has 32 heavy (non-hydrogen) atoms. The molecule has 1 amide bonds. The molecule has 2 heterocycles. The van der Waals surface area contributed by atoms with Gasteiger partial charge in [-0.15, -0.1) is 17.9 Å². The second-order valence-corrected chi connectivity index (χ2v) is 9.20. The number of nitrogens with zero attached hydrogens (tertiary/aromatic N) is 3. The van der Waals surface area contributed by atoms with Crippen LogP contribution in [0.25, 0.3) is 10.2 Å². The molecule has 9 nitrogen and oxygen atoms in total. The number of hydrogen-bond acceptors (Lipinski definition) is 8. The van der Waals surface area contributed by atoms with Gasteiger partial charge in [0.15, 0.2) is 5.16 Å². The summed E-state index contributed by atoms with van der Waals surface area (Å²) in [5.74, 6) is -0.108. The van der Waals surface area contributed by atoms with Gasteiger partial charge in [-0.3, -0.25) is 24.3 Å². The number of hydrogen-bond donors (Lipinski definition) is 1. The number of non-ortho nitro benzene ring substituents is 1. The van der Waals surface area contributed by atoms with Gasteiger partial charge in [-0.25, -0.2) is 4.98 Å². The Hall–Kier alpha value is -3.18. The predicted octanol–water partition coefficient (Wildman–Crippen LogP) is 4.24. The third-order valence-corrected chi connectivity index (χ3v) is 6.89. The van der Waals surface area contributed by atoms with Crippen LogP contribution in [0.1, 0.15) is 18.7 Å². The molecule has 3 rings (SSSR count). The number of carbonyl (C=O) groups is 1. The molecular weight excluding hydrogens is 452 g/mol. The fourth-order valence-electron chi connectivity index (χ4n) is 2.95. The van der Waals surface area contributed by atoms with Gasteiger partial charge in [0, 0.05) is 23.6 Å². The summed E-state index contributed by atoms with van der Waals surface area (Å²) in [6.45, 7) is 7.65. The zero-order chi connectivity index (χ0) is 23.4. The minimum atomic E-state index is -0.648. The van der Waals surface area contributed by atoms with Gasteiger partial charge in [-0.2, -0.15) is 0 Å². The lowest BCUT2D eigenvalue weighted by molar-refractivity contribution is -0.384. The van der Waals surface area contributed by atoms with Crippen LogP contribution in [0.4, 0.5) is 11.4 Å². The molecule has 0 spiro atoms. The molecule has 0 radical (unpaired) electrons. The van der Waals surface area contributed by atoms with Crippen LogP contribution in [0.2, 0.25) is 0 Å². The number of anilines is 1. The van der Waals surface area contributed by atoms with Crippen LogP contribution in [0.3, 0.4) is 0 Å². The fourth-order valence-corrected chi connectivity index (χ4v) is 4.88. The summed E-state index contributed by atoms with van der Waals surface area (Å²) in [6.07, 6.45) is 2.40. The SMILES string of the molecule is C=CCn1c(S[C@@H](C)C(=O)Nc2cc([N+](=O)[O-])ccc2OC)nc2sc(CC)cc2c1=O. The summed E-state index contributed by atoms with van der Waals surface area (Å²) >= 11 is 2.59. The van der Waals surface area contributed by atoms with E-state index in [1.807, 2.05) is 13.0 Å². The lowest BCUT2D eigenvalue weighted by atomic mass is 10.2. The van der Waals surface area contributed by atoms with Crippen molar-refractivity contribution in [2.45, 2.75) is 37.2 Å². The van der Waals surface area contributed by atoms with Gasteiger partial charge in [-0.05, 0) is 25.5 Å². The van der Waals surface area contributed by atoms with Crippen molar-refractivity contribution in [2.75, 3.05) is 12.4 Å². The highest BCUT2D eigenvalue weighted by Gasteiger charge is 2.22. The monoisotopic (exact) mass is 474 g/mol. The Morgan fingerprint density at radius 1 is 1.47 bits per heavy atom. The number of nitrogens with one attached hydrogen (secondary N) is 1. The number of fused-ring (bicyclic) bond motifs is 1. The highest BCUT2D eigenvalue weighted by molar-refractivity contribution is 8.00. The second kappa shape index (κ2) is 9.96. The molecule has 0 saturated carbocycles. The van der Waals surface area contributed by atoms with Gasteiger partial charge in [0.2, 0.25) is 5.91 Å². The van der Waals surface area contributed by atoms with Crippen molar-refractivity contribution in [3.63, 3.8) is 0 Å². The lowest BCUT2D eigenvalue weighted by Gasteiger charge is -2.16. The Bertz CT molecular complexity index is 1250. The summed E-state index contributed by atoms with van der Waals surface area (Å²) in [5, 5.41) is 14.1. The number of nitro groups is 1. The zero-order valence-corrected chi connectivity index (χ0v) is 19.4. The summed E-state index contributed by atoms with van der Waals surface area (Å²) in [6, 6.07) is 5.81. The van der Waals surface area contributed by atoms with Crippen LogP contribution in [-0.4, -0.2) is 32.7 Å². The van der Waals surface area contributed by atoms with Gasteiger partial charge in [0.25, 0.3) is 11.2 Å². The Balaban J connectivity index is 1.90. The van der Waals surface area contributed by atoms with Crippen LogP contribution in [0, 0.1) is 10.1 Å². The van der Waals surface area contributed by atoms with Gasteiger partial charge in [0.05, 0.1) is 28.4 Å². The summed E-state index contributed by atoms with van der Waals surface area (Å²) in [5.41, 5.74) is -0.157. The molecule has 0 fully saturated rings. The van der Waals surface area contributed by atoms with Crippen molar-refractivity contribution in [1.82, 2.24) is 9.55 Å². The first-order valence-corrected chi connectivity index (χ1v) is 11.4. The molecule has 1 N–H and O–H groups in total. The van der Waals surface area contributed by atoms with Crippen molar-refractivity contribution in [3.05, 3.63) is 62.3 Å². The quantitative estimate of drug-likeness (QED) is 0.162. The number of rotatable bonds is 9. The molecule has 168 valence electrons. The van der Waals surface area contributed by atoms with E-state index in [0.717, 1.165) is 23.1 Å². The maximum Gasteiger partial charge on any atom is 0.271 e. The minimum Gasteiger partial charge on any atom is -0.495 e. The number of carbonyl (C=O) groups excluding carboxylic acids is 1. The average molecular weight is 475 g/mol. The first-order valence-electron chi connectivity index (χ1n) is 9.73. The number of thiophene rings is 1. The smallest absolute Gasteiger partial charge is 0.271 e. The van der Waals surface area contributed by atoms with Crippen molar-refractivity contribution >= 4 is 50.6 Å². The van der Waals surface area contributed by atoms with E-state index in [1.54, 1.807) is 13.0 Å².